The molecule has 1 aliphatic rings. The van der Waals surface area contributed by atoms with Crippen molar-refractivity contribution in [2.75, 3.05) is 12.0 Å². The van der Waals surface area contributed by atoms with Gasteiger partial charge in [-0.05, 0) is 56.5 Å². The Labute approximate surface area is 153 Å². The van der Waals surface area contributed by atoms with Crippen molar-refractivity contribution in [1.29, 1.82) is 0 Å². The molecule has 1 aliphatic heterocycles. The van der Waals surface area contributed by atoms with Gasteiger partial charge in [-0.2, -0.15) is 0 Å². The number of methoxy groups -OCH3 is 1. The lowest BCUT2D eigenvalue weighted by Gasteiger charge is -2.24. The van der Waals surface area contributed by atoms with Crippen LogP contribution in [0.3, 0.4) is 0 Å². The quantitative estimate of drug-likeness (QED) is 0.825. The Morgan fingerprint density at radius 2 is 1.85 bits per heavy atom. The van der Waals surface area contributed by atoms with Crippen molar-refractivity contribution in [3.8, 4) is 5.75 Å². The van der Waals surface area contributed by atoms with Crippen LogP contribution in [0.2, 0.25) is 0 Å². The number of carbonyl (C=O) groups excluding carboxylic acids is 2. The molecule has 136 valence electrons. The molecular formula is C21H23NO4. The van der Waals surface area contributed by atoms with Crippen LogP contribution in [0, 0.1) is 0 Å². The first-order valence-corrected chi connectivity index (χ1v) is 8.59. The Bertz CT molecular complexity index is 838. The van der Waals surface area contributed by atoms with Crippen molar-refractivity contribution in [2.45, 2.75) is 38.7 Å². The van der Waals surface area contributed by atoms with E-state index in [1.165, 1.54) is 0 Å². The van der Waals surface area contributed by atoms with Gasteiger partial charge in [0.05, 0.1) is 18.7 Å². The van der Waals surface area contributed by atoms with Crippen molar-refractivity contribution >= 4 is 17.7 Å². The fourth-order valence-corrected chi connectivity index (χ4v) is 3.12. The molecule has 0 radical (unpaired) electrons. The summed E-state index contributed by atoms with van der Waals surface area (Å²) in [7, 11) is 1.61. The highest BCUT2D eigenvalue weighted by Crippen LogP contribution is 2.40. The maximum Gasteiger partial charge on any atom is 0.421 e. The van der Waals surface area contributed by atoms with Gasteiger partial charge in [0.2, 0.25) is 5.91 Å². The molecule has 3 rings (SSSR count). The maximum absolute atomic E-state index is 13.0. The van der Waals surface area contributed by atoms with E-state index in [9.17, 15) is 9.59 Å². The lowest BCUT2D eigenvalue weighted by atomic mass is 9.93. The molecule has 26 heavy (non-hydrogen) atoms. The van der Waals surface area contributed by atoms with E-state index >= 15 is 0 Å². The smallest absolute Gasteiger partial charge is 0.421 e. The number of amides is 2. The fourth-order valence-electron chi connectivity index (χ4n) is 3.12. The molecule has 2 aromatic carbocycles. The zero-order valence-corrected chi connectivity index (χ0v) is 15.5. The number of hydrogen-bond acceptors (Lipinski definition) is 4. The summed E-state index contributed by atoms with van der Waals surface area (Å²) < 4.78 is 10.7. The number of nitrogens with zero attached hydrogens (tertiary/aromatic N) is 1. The van der Waals surface area contributed by atoms with E-state index in [4.69, 9.17) is 9.47 Å². The van der Waals surface area contributed by atoms with E-state index in [0.717, 1.165) is 21.8 Å². The molecule has 5 heteroatoms. The first-order chi connectivity index (χ1) is 12.3. The number of para-hydroxylation sites is 1. The van der Waals surface area contributed by atoms with Crippen molar-refractivity contribution in [2.24, 2.45) is 0 Å². The molecule has 0 aromatic heterocycles. The highest BCUT2D eigenvalue weighted by atomic mass is 16.6. The van der Waals surface area contributed by atoms with Crippen LogP contribution in [0.5, 0.6) is 5.75 Å². The van der Waals surface area contributed by atoms with Gasteiger partial charge in [-0.3, -0.25) is 4.79 Å². The highest BCUT2D eigenvalue weighted by molar-refractivity contribution is 6.19. The summed E-state index contributed by atoms with van der Waals surface area (Å²) in [6.45, 7) is 5.35. The van der Waals surface area contributed by atoms with E-state index in [1.54, 1.807) is 33.9 Å². The first-order valence-electron chi connectivity index (χ1n) is 8.59. The first kappa shape index (κ1) is 18.0. The van der Waals surface area contributed by atoms with Crippen LogP contribution in [0.15, 0.2) is 48.5 Å². The van der Waals surface area contributed by atoms with Crippen molar-refractivity contribution < 1.29 is 19.1 Å². The van der Waals surface area contributed by atoms with E-state index in [1.807, 2.05) is 42.5 Å². The predicted octanol–water partition coefficient (Wildman–Crippen LogP) is 4.30. The summed E-state index contributed by atoms with van der Waals surface area (Å²) >= 11 is 0. The molecule has 5 nitrogen and oxygen atoms in total. The van der Waals surface area contributed by atoms with Crippen molar-refractivity contribution in [3.05, 3.63) is 59.7 Å². The standard InChI is InChI=1S/C21H23NO4/c1-21(2,3)26-20(24)22-18-11-6-5-10-16(18)17(19(22)23)13-14-8-7-9-15(12-14)25-4/h5-12,17H,13H2,1-4H3. The van der Waals surface area contributed by atoms with E-state index in [-0.39, 0.29) is 5.91 Å². The third kappa shape index (κ3) is 3.57. The Morgan fingerprint density at radius 3 is 2.54 bits per heavy atom. The lowest BCUT2D eigenvalue weighted by molar-refractivity contribution is -0.119. The van der Waals surface area contributed by atoms with E-state index < -0.39 is 17.6 Å². The van der Waals surface area contributed by atoms with Crippen LogP contribution >= 0.6 is 0 Å². The Balaban J connectivity index is 1.92. The van der Waals surface area contributed by atoms with Gasteiger partial charge in [-0.25, -0.2) is 9.69 Å². The number of ether oxygens (including phenoxy) is 2. The molecule has 0 saturated heterocycles. The van der Waals surface area contributed by atoms with Crippen molar-refractivity contribution in [3.63, 3.8) is 0 Å². The van der Waals surface area contributed by atoms with Gasteiger partial charge < -0.3 is 9.47 Å². The number of imide groups is 1. The maximum atomic E-state index is 13.0. The molecule has 0 N–H and O–H groups in total. The average Bonchev–Trinajstić information content (AvgIpc) is 2.86. The van der Waals surface area contributed by atoms with Gasteiger partial charge in [0, 0.05) is 0 Å². The molecule has 0 aliphatic carbocycles. The second kappa shape index (κ2) is 6.83. The number of benzene rings is 2. The molecule has 1 heterocycles. The molecule has 2 aromatic rings. The largest absolute Gasteiger partial charge is 0.497 e. The highest BCUT2D eigenvalue weighted by Gasteiger charge is 2.42. The predicted molar refractivity (Wildman–Crippen MR) is 99.6 cm³/mol. The zero-order valence-electron chi connectivity index (χ0n) is 15.5. The molecule has 0 bridgehead atoms. The van der Waals surface area contributed by atoms with Crippen LogP contribution in [-0.2, 0) is 16.0 Å². The van der Waals surface area contributed by atoms with Crippen LogP contribution in [0.25, 0.3) is 0 Å². The third-order valence-electron chi connectivity index (χ3n) is 4.22. The molecular weight excluding hydrogens is 330 g/mol. The normalized spacial score (nSPS) is 16.4. The van der Waals surface area contributed by atoms with Gasteiger partial charge in [0.1, 0.15) is 11.4 Å². The monoisotopic (exact) mass is 353 g/mol. The minimum Gasteiger partial charge on any atom is -0.497 e. The van der Waals surface area contributed by atoms with Gasteiger partial charge in [0.15, 0.2) is 0 Å². The van der Waals surface area contributed by atoms with Crippen LogP contribution in [-0.4, -0.2) is 24.7 Å². The summed E-state index contributed by atoms with van der Waals surface area (Å²) in [4.78, 5) is 26.8. The number of anilines is 1. The molecule has 0 saturated carbocycles. The molecule has 0 spiro atoms. The molecule has 1 unspecified atom stereocenters. The Kier molecular flexibility index (Phi) is 4.72. The summed E-state index contributed by atoms with van der Waals surface area (Å²) in [6.07, 6.45) is -0.144. The lowest BCUT2D eigenvalue weighted by Crippen LogP contribution is -2.39. The number of carbonyl (C=O) groups is 2. The molecule has 1 atom stereocenters. The topological polar surface area (TPSA) is 55.8 Å². The minimum absolute atomic E-state index is 0.261. The van der Waals surface area contributed by atoms with Gasteiger partial charge in [-0.1, -0.05) is 30.3 Å². The zero-order chi connectivity index (χ0) is 18.9. The van der Waals surface area contributed by atoms with E-state index in [2.05, 4.69) is 0 Å². The molecule has 0 fully saturated rings. The Morgan fingerprint density at radius 1 is 1.12 bits per heavy atom. The van der Waals surface area contributed by atoms with Gasteiger partial charge in [-0.15, -0.1) is 0 Å². The summed E-state index contributed by atoms with van der Waals surface area (Å²) in [5.41, 5.74) is 1.74. The van der Waals surface area contributed by atoms with Gasteiger partial charge >= 0.3 is 6.09 Å². The number of fused-ring (bicyclic) bond motifs is 1. The fraction of sp³-hybridized carbons (Fsp3) is 0.333. The SMILES string of the molecule is COc1cccc(CC2C(=O)N(C(=O)OC(C)(C)C)c3ccccc32)c1. The van der Waals surface area contributed by atoms with Crippen LogP contribution in [0.1, 0.15) is 37.8 Å². The number of rotatable bonds is 3. The van der Waals surface area contributed by atoms with Crippen LogP contribution in [0.4, 0.5) is 10.5 Å². The minimum atomic E-state index is -0.669. The van der Waals surface area contributed by atoms with Crippen LogP contribution < -0.4 is 9.64 Å². The number of hydrogen-bond donors (Lipinski definition) is 0. The van der Waals surface area contributed by atoms with Crippen molar-refractivity contribution in [1.82, 2.24) is 0 Å². The second-order valence-electron chi connectivity index (χ2n) is 7.32. The second-order valence-corrected chi connectivity index (χ2v) is 7.32. The summed E-state index contributed by atoms with van der Waals surface area (Å²) in [5.74, 6) is 0.0549. The average molecular weight is 353 g/mol. The van der Waals surface area contributed by atoms with E-state index in [0.29, 0.717) is 12.1 Å². The summed E-state index contributed by atoms with van der Waals surface area (Å²) in [6, 6.07) is 15.0. The Hall–Kier alpha value is -2.82. The third-order valence-corrected chi connectivity index (χ3v) is 4.22. The molecule has 2 amide bonds. The summed E-state index contributed by atoms with van der Waals surface area (Å²) in [5, 5.41) is 0. The van der Waals surface area contributed by atoms with Gasteiger partial charge in [0.25, 0.3) is 0 Å².